The SMILES string of the molecule is O=C(O)/C=C/c1nccc2c(Cl)cc(Cl)cc12. The lowest BCUT2D eigenvalue weighted by Gasteiger charge is -2.04. The number of hydrogen-bond donors (Lipinski definition) is 1. The van der Waals surface area contributed by atoms with Crippen LogP contribution in [-0.4, -0.2) is 16.1 Å². The normalized spacial score (nSPS) is 11.2. The van der Waals surface area contributed by atoms with E-state index in [0.717, 1.165) is 16.8 Å². The number of carboxylic acid groups (broad SMARTS) is 1. The number of hydrogen-bond acceptors (Lipinski definition) is 2. The van der Waals surface area contributed by atoms with Crippen molar-refractivity contribution < 1.29 is 9.90 Å². The van der Waals surface area contributed by atoms with Crippen molar-refractivity contribution in [3.63, 3.8) is 0 Å². The summed E-state index contributed by atoms with van der Waals surface area (Å²) < 4.78 is 0. The van der Waals surface area contributed by atoms with Crippen molar-refractivity contribution in [2.45, 2.75) is 0 Å². The van der Waals surface area contributed by atoms with Crippen LogP contribution >= 0.6 is 23.2 Å². The molecule has 0 radical (unpaired) electrons. The third-order valence-electron chi connectivity index (χ3n) is 2.21. The van der Waals surface area contributed by atoms with Gasteiger partial charge in [0.15, 0.2) is 0 Å². The number of aliphatic carboxylic acids is 1. The van der Waals surface area contributed by atoms with Gasteiger partial charge in [-0.25, -0.2) is 4.79 Å². The summed E-state index contributed by atoms with van der Waals surface area (Å²) in [4.78, 5) is 14.6. The van der Waals surface area contributed by atoms with Crippen LogP contribution in [0.5, 0.6) is 0 Å². The van der Waals surface area contributed by atoms with E-state index in [2.05, 4.69) is 4.98 Å². The first-order valence-corrected chi connectivity index (χ1v) is 5.48. The molecule has 0 unspecified atom stereocenters. The molecule has 86 valence electrons. The molecular formula is C12H7Cl2NO2. The van der Waals surface area contributed by atoms with Crippen molar-refractivity contribution in [2.24, 2.45) is 0 Å². The van der Waals surface area contributed by atoms with E-state index in [9.17, 15) is 4.79 Å². The molecule has 0 aliphatic rings. The fourth-order valence-electron chi connectivity index (χ4n) is 1.51. The topological polar surface area (TPSA) is 50.2 Å². The van der Waals surface area contributed by atoms with Gasteiger partial charge in [0.1, 0.15) is 0 Å². The Bertz CT molecular complexity index is 623. The zero-order valence-electron chi connectivity index (χ0n) is 8.52. The minimum Gasteiger partial charge on any atom is -0.478 e. The number of fused-ring (bicyclic) bond motifs is 1. The number of pyridine rings is 1. The molecule has 1 heterocycles. The van der Waals surface area contributed by atoms with Crippen LogP contribution < -0.4 is 0 Å². The van der Waals surface area contributed by atoms with Crippen LogP contribution in [0.4, 0.5) is 0 Å². The highest BCUT2D eigenvalue weighted by Gasteiger charge is 2.05. The van der Waals surface area contributed by atoms with Crippen LogP contribution in [0.15, 0.2) is 30.5 Å². The Morgan fingerprint density at radius 1 is 1.29 bits per heavy atom. The summed E-state index contributed by atoms with van der Waals surface area (Å²) in [5.74, 6) is -1.03. The molecule has 3 nitrogen and oxygen atoms in total. The van der Waals surface area contributed by atoms with Crippen LogP contribution in [0, 0.1) is 0 Å². The summed E-state index contributed by atoms with van der Waals surface area (Å²) in [6.07, 6.45) is 4.01. The molecule has 2 rings (SSSR count). The molecule has 0 bridgehead atoms. The van der Waals surface area contributed by atoms with Crippen LogP contribution in [0.1, 0.15) is 5.69 Å². The number of benzene rings is 1. The van der Waals surface area contributed by atoms with E-state index in [1.807, 2.05) is 0 Å². The van der Waals surface area contributed by atoms with Gasteiger partial charge >= 0.3 is 5.97 Å². The van der Waals surface area contributed by atoms with Gasteiger partial charge in [-0.3, -0.25) is 4.98 Å². The average molecular weight is 268 g/mol. The zero-order valence-corrected chi connectivity index (χ0v) is 10.0. The first kappa shape index (κ1) is 11.9. The van der Waals surface area contributed by atoms with E-state index >= 15 is 0 Å². The number of carboxylic acids is 1. The molecular weight excluding hydrogens is 261 g/mol. The molecule has 0 amide bonds. The molecule has 5 heteroatoms. The second-order valence-corrected chi connectivity index (χ2v) is 4.19. The highest BCUT2D eigenvalue weighted by atomic mass is 35.5. The van der Waals surface area contributed by atoms with E-state index in [1.165, 1.54) is 6.08 Å². The zero-order chi connectivity index (χ0) is 12.4. The van der Waals surface area contributed by atoms with Crippen molar-refractivity contribution in [1.29, 1.82) is 0 Å². The van der Waals surface area contributed by atoms with E-state index in [1.54, 1.807) is 24.4 Å². The second kappa shape index (κ2) is 4.73. The predicted octanol–water partition coefficient (Wildman–Crippen LogP) is 3.64. The molecule has 0 saturated carbocycles. The van der Waals surface area contributed by atoms with Gasteiger partial charge in [-0.2, -0.15) is 0 Å². The Labute approximate surface area is 107 Å². The Hall–Kier alpha value is -1.58. The first-order chi connectivity index (χ1) is 8.08. The van der Waals surface area contributed by atoms with Gasteiger partial charge in [0, 0.05) is 28.1 Å². The summed E-state index contributed by atoms with van der Waals surface area (Å²) in [7, 11) is 0. The Kier molecular flexibility index (Phi) is 3.31. The van der Waals surface area contributed by atoms with Crippen molar-refractivity contribution in [3.8, 4) is 0 Å². The molecule has 0 fully saturated rings. The van der Waals surface area contributed by atoms with Gasteiger partial charge in [0.25, 0.3) is 0 Å². The lowest BCUT2D eigenvalue weighted by molar-refractivity contribution is -0.131. The van der Waals surface area contributed by atoms with Crippen molar-refractivity contribution >= 4 is 46.0 Å². The van der Waals surface area contributed by atoms with Gasteiger partial charge in [-0.1, -0.05) is 23.2 Å². The number of aromatic nitrogens is 1. The van der Waals surface area contributed by atoms with Crippen molar-refractivity contribution in [3.05, 3.63) is 46.2 Å². The Balaban J connectivity index is 2.68. The van der Waals surface area contributed by atoms with Gasteiger partial charge in [0.05, 0.1) is 10.7 Å². The largest absolute Gasteiger partial charge is 0.478 e. The van der Waals surface area contributed by atoms with Crippen molar-refractivity contribution in [2.75, 3.05) is 0 Å². The quantitative estimate of drug-likeness (QED) is 0.846. The average Bonchev–Trinajstić information content (AvgIpc) is 2.26. The molecule has 1 N–H and O–H groups in total. The maximum atomic E-state index is 10.5. The van der Waals surface area contributed by atoms with Crippen molar-refractivity contribution in [1.82, 2.24) is 4.98 Å². The number of halogens is 2. The second-order valence-electron chi connectivity index (χ2n) is 3.35. The minimum atomic E-state index is -1.03. The molecule has 0 saturated heterocycles. The summed E-state index contributed by atoms with van der Waals surface area (Å²) in [5, 5.41) is 11.1. The van der Waals surface area contributed by atoms with Crippen LogP contribution in [0.25, 0.3) is 16.8 Å². The highest BCUT2D eigenvalue weighted by molar-refractivity contribution is 6.38. The smallest absolute Gasteiger partial charge is 0.328 e. The number of carbonyl (C=O) groups is 1. The van der Waals surface area contributed by atoms with E-state index in [-0.39, 0.29) is 0 Å². The third kappa shape index (κ3) is 2.57. The maximum Gasteiger partial charge on any atom is 0.328 e. The summed E-state index contributed by atoms with van der Waals surface area (Å²) in [6, 6.07) is 5.10. The van der Waals surface area contributed by atoms with Gasteiger partial charge in [-0.05, 0) is 24.3 Å². The number of rotatable bonds is 2. The summed E-state index contributed by atoms with van der Waals surface area (Å²) in [6.45, 7) is 0. The molecule has 0 aliphatic heterocycles. The molecule has 0 spiro atoms. The number of nitrogens with zero attached hydrogens (tertiary/aromatic N) is 1. The minimum absolute atomic E-state index is 0.487. The Morgan fingerprint density at radius 2 is 2.06 bits per heavy atom. The molecule has 17 heavy (non-hydrogen) atoms. The molecule has 0 aliphatic carbocycles. The highest BCUT2D eigenvalue weighted by Crippen LogP contribution is 2.29. The maximum absolute atomic E-state index is 10.5. The van der Waals surface area contributed by atoms with E-state index < -0.39 is 5.97 Å². The first-order valence-electron chi connectivity index (χ1n) is 4.72. The van der Waals surface area contributed by atoms with E-state index in [4.69, 9.17) is 28.3 Å². The van der Waals surface area contributed by atoms with Crippen LogP contribution in [-0.2, 0) is 4.79 Å². The van der Waals surface area contributed by atoms with E-state index in [0.29, 0.717) is 15.7 Å². The fourth-order valence-corrected chi connectivity index (χ4v) is 2.07. The Morgan fingerprint density at radius 3 is 2.76 bits per heavy atom. The summed E-state index contributed by atoms with van der Waals surface area (Å²) >= 11 is 12.0. The standard InChI is InChI=1S/C12H7Cl2NO2/c13-7-5-9-8(10(14)6-7)3-4-15-11(9)1-2-12(16)17/h1-6H,(H,16,17)/b2-1+. The molecule has 1 aromatic heterocycles. The monoisotopic (exact) mass is 267 g/mol. The summed E-state index contributed by atoms with van der Waals surface area (Å²) in [5.41, 5.74) is 0.523. The predicted molar refractivity (Wildman–Crippen MR) is 68.4 cm³/mol. The molecule has 0 atom stereocenters. The molecule has 2 aromatic rings. The lowest BCUT2D eigenvalue weighted by Crippen LogP contribution is -1.89. The van der Waals surface area contributed by atoms with Gasteiger partial charge < -0.3 is 5.11 Å². The van der Waals surface area contributed by atoms with Gasteiger partial charge in [0.2, 0.25) is 0 Å². The fraction of sp³-hybridized carbons (Fsp3) is 0. The molecule has 1 aromatic carbocycles. The lowest BCUT2D eigenvalue weighted by atomic mass is 10.1. The van der Waals surface area contributed by atoms with Crippen LogP contribution in [0.3, 0.4) is 0 Å². The third-order valence-corrected chi connectivity index (χ3v) is 2.74. The van der Waals surface area contributed by atoms with Gasteiger partial charge in [-0.15, -0.1) is 0 Å². The van der Waals surface area contributed by atoms with Crippen LogP contribution in [0.2, 0.25) is 10.0 Å².